The highest BCUT2D eigenvalue weighted by atomic mass is 79.9. The van der Waals surface area contributed by atoms with Crippen molar-refractivity contribution in [2.24, 2.45) is 5.41 Å². The van der Waals surface area contributed by atoms with E-state index in [4.69, 9.17) is 4.74 Å². The van der Waals surface area contributed by atoms with Crippen LogP contribution in [0.2, 0.25) is 0 Å². The molecule has 112 valence electrons. The first-order valence-electron chi connectivity index (χ1n) is 6.57. The van der Waals surface area contributed by atoms with Crippen molar-refractivity contribution in [2.75, 3.05) is 19.0 Å². The molecule has 0 atom stereocenters. The summed E-state index contributed by atoms with van der Waals surface area (Å²) in [4.78, 5) is 12.0. The van der Waals surface area contributed by atoms with Gasteiger partial charge in [0.25, 0.3) is 5.91 Å². The summed E-state index contributed by atoms with van der Waals surface area (Å²) >= 11 is 3.39. The fourth-order valence-electron chi connectivity index (χ4n) is 1.86. The SMILES string of the molecule is COc1ccc(C(=O)NCC(C)(C)CCCBr)c(F)c1. The summed E-state index contributed by atoms with van der Waals surface area (Å²) in [5, 5.41) is 3.73. The van der Waals surface area contributed by atoms with E-state index in [1.54, 1.807) is 6.07 Å². The van der Waals surface area contributed by atoms with Crippen LogP contribution >= 0.6 is 15.9 Å². The third-order valence-corrected chi connectivity index (χ3v) is 3.70. The number of halogens is 2. The second kappa shape index (κ2) is 7.62. The number of nitrogens with one attached hydrogen (secondary N) is 1. The molecule has 0 unspecified atom stereocenters. The lowest BCUT2D eigenvalue weighted by Crippen LogP contribution is -2.34. The molecule has 0 heterocycles. The van der Waals surface area contributed by atoms with Crippen LogP contribution in [0, 0.1) is 11.2 Å². The molecule has 1 aromatic carbocycles. The Bertz CT molecular complexity index is 463. The molecule has 0 radical (unpaired) electrons. The molecule has 1 N–H and O–H groups in total. The van der Waals surface area contributed by atoms with Gasteiger partial charge in [0.2, 0.25) is 0 Å². The first-order chi connectivity index (χ1) is 9.39. The van der Waals surface area contributed by atoms with Crippen molar-refractivity contribution in [3.05, 3.63) is 29.6 Å². The van der Waals surface area contributed by atoms with E-state index in [-0.39, 0.29) is 11.0 Å². The van der Waals surface area contributed by atoms with Gasteiger partial charge in [0, 0.05) is 17.9 Å². The van der Waals surface area contributed by atoms with Gasteiger partial charge in [-0.25, -0.2) is 4.39 Å². The Labute approximate surface area is 128 Å². The van der Waals surface area contributed by atoms with Crippen molar-refractivity contribution < 1.29 is 13.9 Å². The summed E-state index contributed by atoms with van der Waals surface area (Å²) < 4.78 is 18.7. The van der Waals surface area contributed by atoms with Gasteiger partial charge >= 0.3 is 0 Å². The van der Waals surface area contributed by atoms with Crippen LogP contribution in [0.15, 0.2) is 18.2 Å². The Hall–Kier alpha value is -1.10. The standard InChI is InChI=1S/C15H21BrFNO2/c1-15(2,7-4-8-16)10-18-14(19)12-6-5-11(20-3)9-13(12)17/h5-6,9H,4,7-8,10H2,1-3H3,(H,18,19). The second-order valence-electron chi connectivity index (χ2n) is 5.49. The number of amides is 1. The predicted molar refractivity (Wildman–Crippen MR) is 82.1 cm³/mol. The molecule has 1 amide bonds. The molecule has 0 saturated heterocycles. The summed E-state index contributed by atoms with van der Waals surface area (Å²) in [5.74, 6) is -0.561. The summed E-state index contributed by atoms with van der Waals surface area (Å²) in [6, 6.07) is 4.23. The molecule has 0 saturated carbocycles. The van der Waals surface area contributed by atoms with Gasteiger partial charge in [-0.05, 0) is 30.4 Å². The Morgan fingerprint density at radius 3 is 2.70 bits per heavy atom. The number of alkyl halides is 1. The molecule has 1 aromatic rings. The number of carbonyl (C=O) groups excluding carboxylic acids is 1. The molecular weight excluding hydrogens is 325 g/mol. The van der Waals surface area contributed by atoms with Crippen LogP contribution in [-0.4, -0.2) is 24.9 Å². The van der Waals surface area contributed by atoms with E-state index < -0.39 is 11.7 Å². The second-order valence-corrected chi connectivity index (χ2v) is 6.28. The quantitative estimate of drug-likeness (QED) is 0.764. The lowest BCUT2D eigenvalue weighted by molar-refractivity contribution is 0.0930. The maximum absolute atomic E-state index is 13.8. The van der Waals surface area contributed by atoms with Gasteiger partial charge in [0.05, 0.1) is 12.7 Å². The molecule has 1 rings (SSSR count). The maximum atomic E-state index is 13.8. The van der Waals surface area contributed by atoms with Crippen LogP contribution in [0.5, 0.6) is 5.75 Å². The van der Waals surface area contributed by atoms with Gasteiger partial charge in [-0.3, -0.25) is 4.79 Å². The summed E-state index contributed by atoms with van der Waals surface area (Å²) in [6.07, 6.45) is 2.03. The zero-order valence-corrected chi connectivity index (χ0v) is 13.7. The number of hydrogen-bond acceptors (Lipinski definition) is 2. The fourth-order valence-corrected chi connectivity index (χ4v) is 2.14. The first kappa shape index (κ1) is 17.0. The third-order valence-electron chi connectivity index (χ3n) is 3.14. The Morgan fingerprint density at radius 2 is 2.15 bits per heavy atom. The third kappa shape index (κ3) is 5.12. The molecule has 0 aromatic heterocycles. The van der Waals surface area contributed by atoms with Crippen LogP contribution in [0.25, 0.3) is 0 Å². The lowest BCUT2D eigenvalue weighted by Gasteiger charge is -2.24. The number of rotatable bonds is 7. The van der Waals surface area contributed by atoms with Crippen molar-refractivity contribution in [3.63, 3.8) is 0 Å². The smallest absolute Gasteiger partial charge is 0.254 e. The van der Waals surface area contributed by atoms with Gasteiger partial charge in [-0.15, -0.1) is 0 Å². The number of benzene rings is 1. The lowest BCUT2D eigenvalue weighted by atomic mass is 9.88. The minimum absolute atomic E-state index is 0.00756. The van der Waals surface area contributed by atoms with Crippen molar-refractivity contribution in [1.82, 2.24) is 5.32 Å². The molecule has 3 nitrogen and oxygen atoms in total. The molecule has 0 fully saturated rings. The highest BCUT2D eigenvalue weighted by Crippen LogP contribution is 2.22. The zero-order chi connectivity index (χ0) is 15.2. The van der Waals surface area contributed by atoms with Crippen LogP contribution in [0.3, 0.4) is 0 Å². The van der Waals surface area contributed by atoms with Crippen LogP contribution in [0.1, 0.15) is 37.0 Å². The normalized spacial score (nSPS) is 11.2. The Kier molecular flexibility index (Phi) is 6.46. The molecule has 0 aliphatic rings. The summed E-state index contributed by atoms with van der Waals surface area (Å²) in [7, 11) is 1.46. The topological polar surface area (TPSA) is 38.3 Å². The Balaban J connectivity index is 2.63. The van der Waals surface area contributed by atoms with Crippen molar-refractivity contribution >= 4 is 21.8 Å². The van der Waals surface area contributed by atoms with Crippen molar-refractivity contribution in [1.29, 1.82) is 0 Å². The highest BCUT2D eigenvalue weighted by molar-refractivity contribution is 9.09. The molecule has 20 heavy (non-hydrogen) atoms. The molecular formula is C15H21BrFNO2. The average molecular weight is 346 g/mol. The number of methoxy groups -OCH3 is 1. The van der Waals surface area contributed by atoms with Gasteiger partial charge in [0.1, 0.15) is 11.6 Å². The number of carbonyl (C=O) groups is 1. The molecule has 5 heteroatoms. The zero-order valence-electron chi connectivity index (χ0n) is 12.1. The van der Waals surface area contributed by atoms with Crippen LogP contribution < -0.4 is 10.1 Å². The van der Waals surface area contributed by atoms with Crippen molar-refractivity contribution in [2.45, 2.75) is 26.7 Å². The van der Waals surface area contributed by atoms with E-state index in [0.29, 0.717) is 12.3 Å². The molecule has 0 aliphatic carbocycles. The van der Waals surface area contributed by atoms with Gasteiger partial charge in [-0.1, -0.05) is 29.8 Å². The molecule has 0 bridgehead atoms. The van der Waals surface area contributed by atoms with Gasteiger partial charge in [0.15, 0.2) is 0 Å². The number of hydrogen-bond donors (Lipinski definition) is 1. The minimum Gasteiger partial charge on any atom is -0.497 e. The average Bonchev–Trinajstić information content (AvgIpc) is 2.42. The predicted octanol–water partition coefficient (Wildman–Crippen LogP) is 3.77. The summed E-state index contributed by atoms with van der Waals surface area (Å²) in [6.45, 7) is 4.69. The van der Waals surface area contributed by atoms with Crippen molar-refractivity contribution in [3.8, 4) is 5.75 Å². The largest absolute Gasteiger partial charge is 0.497 e. The van der Waals surface area contributed by atoms with E-state index in [1.165, 1.54) is 19.2 Å². The monoisotopic (exact) mass is 345 g/mol. The van der Waals surface area contributed by atoms with E-state index in [1.807, 2.05) is 0 Å². The Morgan fingerprint density at radius 1 is 1.45 bits per heavy atom. The van der Waals surface area contributed by atoms with Crippen LogP contribution in [-0.2, 0) is 0 Å². The van der Waals surface area contributed by atoms with Gasteiger partial charge in [-0.2, -0.15) is 0 Å². The van der Waals surface area contributed by atoms with E-state index in [2.05, 4.69) is 35.1 Å². The van der Waals surface area contributed by atoms with Gasteiger partial charge < -0.3 is 10.1 Å². The van der Waals surface area contributed by atoms with Crippen LogP contribution in [0.4, 0.5) is 4.39 Å². The summed E-state index contributed by atoms with van der Waals surface area (Å²) in [5.41, 5.74) is 0.0360. The highest BCUT2D eigenvalue weighted by Gasteiger charge is 2.20. The number of ether oxygens (including phenoxy) is 1. The minimum atomic E-state index is -0.569. The molecule has 0 spiro atoms. The fraction of sp³-hybridized carbons (Fsp3) is 0.533. The maximum Gasteiger partial charge on any atom is 0.254 e. The first-order valence-corrected chi connectivity index (χ1v) is 7.69. The van der Waals surface area contributed by atoms with E-state index >= 15 is 0 Å². The van der Waals surface area contributed by atoms with E-state index in [0.717, 1.165) is 18.2 Å². The molecule has 0 aliphatic heterocycles. The van der Waals surface area contributed by atoms with E-state index in [9.17, 15) is 9.18 Å².